The Balaban J connectivity index is 2.20. The minimum absolute atomic E-state index is 0.0906. The SMILES string of the molecule is COc1ccc(C(=O)Nc2ccc([C@@H](C)O)cc2)cc1[N+](=O)[O-]. The van der Waals surface area contributed by atoms with Crippen molar-refractivity contribution in [2.45, 2.75) is 13.0 Å². The molecule has 0 saturated heterocycles. The van der Waals surface area contributed by atoms with Crippen molar-refractivity contribution in [3.05, 3.63) is 63.7 Å². The molecule has 7 heteroatoms. The van der Waals surface area contributed by atoms with Gasteiger partial charge >= 0.3 is 5.69 Å². The summed E-state index contributed by atoms with van der Waals surface area (Å²) in [5, 5.41) is 23.1. The third kappa shape index (κ3) is 3.83. The van der Waals surface area contributed by atoms with Gasteiger partial charge in [0, 0.05) is 17.3 Å². The minimum Gasteiger partial charge on any atom is -0.490 e. The molecule has 2 rings (SSSR count). The molecule has 2 aromatic carbocycles. The van der Waals surface area contributed by atoms with E-state index in [9.17, 15) is 20.0 Å². The predicted molar refractivity (Wildman–Crippen MR) is 84.7 cm³/mol. The highest BCUT2D eigenvalue weighted by Gasteiger charge is 2.18. The van der Waals surface area contributed by atoms with Crippen molar-refractivity contribution in [1.29, 1.82) is 0 Å². The number of amides is 1. The first-order valence-electron chi connectivity index (χ1n) is 6.84. The van der Waals surface area contributed by atoms with Gasteiger partial charge in [0.15, 0.2) is 5.75 Å². The minimum atomic E-state index is -0.604. The van der Waals surface area contributed by atoms with Crippen LogP contribution in [0.15, 0.2) is 42.5 Å². The first-order chi connectivity index (χ1) is 10.9. The van der Waals surface area contributed by atoms with Crippen molar-refractivity contribution in [3.63, 3.8) is 0 Å². The summed E-state index contributed by atoms with van der Waals surface area (Å²) in [5.74, 6) is -0.381. The number of nitrogens with zero attached hydrogens (tertiary/aromatic N) is 1. The second-order valence-electron chi connectivity index (χ2n) is 4.90. The maximum absolute atomic E-state index is 12.2. The van der Waals surface area contributed by atoms with Crippen LogP contribution in [-0.2, 0) is 0 Å². The van der Waals surface area contributed by atoms with Crippen LogP contribution >= 0.6 is 0 Å². The number of nitrogens with one attached hydrogen (secondary N) is 1. The van der Waals surface area contributed by atoms with E-state index in [1.807, 2.05) is 0 Å². The summed E-state index contributed by atoms with van der Waals surface area (Å²) in [5.41, 5.74) is 1.13. The number of carbonyl (C=O) groups excluding carboxylic acids is 1. The largest absolute Gasteiger partial charge is 0.490 e. The quantitative estimate of drug-likeness (QED) is 0.652. The summed E-state index contributed by atoms with van der Waals surface area (Å²) in [7, 11) is 1.33. The first kappa shape index (κ1) is 16.4. The zero-order valence-electron chi connectivity index (χ0n) is 12.6. The molecule has 1 amide bonds. The lowest BCUT2D eigenvalue weighted by molar-refractivity contribution is -0.385. The molecule has 0 unspecified atom stereocenters. The molecule has 0 aliphatic rings. The van der Waals surface area contributed by atoms with Gasteiger partial charge in [0.1, 0.15) is 0 Å². The Kier molecular flexibility index (Phi) is 4.92. The Morgan fingerprint density at radius 3 is 2.43 bits per heavy atom. The number of nitro benzene ring substituents is 1. The average Bonchev–Trinajstić information content (AvgIpc) is 2.54. The third-order valence-corrected chi connectivity index (χ3v) is 3.29. The smallest absolute Gasteiger partial charge is 0.311 e. The van der Waals surface area contributed by atoms with Crippen LogP contribution in [-0.4, -0.2) is 23.0 Å². The molecule has 0 aromatic heterocycles. The van der Waals surface area contributed by atoms with Crippen LogP contribution in [0.5, 0.6) is 5.75 Å². The van der Waals surface area contributed by atoms with Gasteiger partial charge in [-0.1, -0.05) is 12.1 Å². The maximum atomic E-state index is 12.2. The number of benzene rings is 2. The summed E-state index contributed by atoms with van der Waals surface area (Å²) in [6.07, 6.45) is -0.594. The van der Waals surface area contributed by atoms with Crippen molar-refractivity contribution in [1.82, 2.24) is 0 Å². The van der Waals surface area contributed by atoms with Gasteiger partial charge in [-0.3, -0.25) is 14.9 Å². The van der Waals surface area contributed by atoms with Crippen molar-refractivity contribution < 1.29 is 19.6 Å². The molecule has 2 N–H and O–H groups in total. The molecule has 2 aromatic rings. The van der Waals surface area contributed by atoms with E-state index in [2.05, 4.69) is 5.32 Å². The van der Waals surface area contributed by atoms with Gasteiger partial charge in [-0.2, -0.15) is 0 Å². The summed E-state index contributed by atoms with van der Waals surface area (Å²) < 4.78 is 4.90. The molecule has 0 saturated carbocycles. The molecule has 7 nitrogen and oxygen atoms in total. The lowest BCUT2D eigenvalue weighted by atomic mass is 10.1. The molecule has 23 heavy (non-hydrogen) atoms. The van der Waals surface area contributed by atoms with Gasteiger partial charge < -0.3 is 15.2 Å². The van der Waals surface area contributed by atoms with Crippen molar-refractivity contribution in [3.8, 4) is 5.75 Å². The van der Waals surface area contributed by atoms with Crippen molar-refractivity contribution in [2.24, 2.45) is 0 Å². The van der Waals surface area contributed by atoms with Crippen LogP contribution in [0.4, 0.5) is 11.4 Å². The third-order valence-electron chi connectivity index (χ3n) is 3.29. The highest BCUT2D eigenvalue weighted by molar-refractivity contribution is 6.04. The number of hydrogen-bond donors (Lipinski definition) is 2. The fourth-order valence-electron chi connectivity index (χ4n) is 2.02. The molecule has 0 fully saturated rings. The number of rotatable bonds is 5. The molecule has 0 aliphatic heterocycles. The fraction of sp³-hybridized carbons (Fsp3) is 0.188. The molecule has 0 aliphatic carbocycles. The second kappa shape index (κ2) is 6.89. The number of carbonyl (C=O) groups is 1. The average molecular weight is 316 g/mol. The molecular formula is C16H16N2O5. The van der Waals surface area contributed by atoms with Gasteiger partial charge in [-0.15, -0.1) is 0 Å². The Bertz CT molecular complexity index is 726. The Labute approximate surface area is 132 Å². The zero-order chi connectivity index (χ0) is 17.0. The van der Waals surface area contributed by atoms with E-state index in [1.54, 1.807) is 31.2 Å². The Morgan fingerprint density at radius 1 is 1.26 bits per heavy atom. The van der Waals surface area contributed by atoms with Gasteiger partial charge in [-0.25, -0.2) is 0 Å². The molecule has 1 atom stereocenters. The standard InChI is InChI=1S/C16H16N2O5/c1-10(19)11-3-6-13(7-4-11)17-16(20)12-5-8-15(23-2)14(9-12)18(21)22/h3-10,19H,1-2H3,(H,17,20)/t10-/m1/s1. The second-order valence-corrected chi connectivity index (χ2v) is 4.90. The van der Waals surface area contributed by atoms with E-state index in [1.165, 1.54) is 25.3 Å². The maximum Gasteiger partial charge on any atom is 0.311 e. The lowest BCUT2D eigenvalue weighted by Crippen LogP contribution is -2.12. The Hall–Kier alpha value is -2.93. The molecule has 120 valence electrons. The number of aliphatic hydroxyl groups excluding tert-OH is 1. The van der Waals surface area contributed by atoms with Crippen molar-refractivity contribution in [2.75, 3.05) is 12.4 Å². The zero-order valence-corrected chi connectivity index (χ0v) is 12.6. The first-order valence-corrected chi connectivity index (χ1v) is 6.84. The summed E-state index contributed by atoms with van der Waals surface area (Å²) in [6.45, 7) is 1.64. The number of ether oxygens (including phenoxy) is 1. The molecule has 0 heterocycles. The summed E-state index contributed by atoms with van der Waals surface area (Å²) >= 11 is 0. The molecule has 0 bridgehead atoms. The van der Waals surface area contributed by atoms with Gasteiger partial charge in [0.25, 0.3) is 5.91 Å². The fourth-order valence-corrected chi connectivity index (χ4v) is 2.02. The monoisotopic (exact) mass is 316 g/mol. The summed E-state index contributed by atoms with van der Waals surface area (Å²) in [4.78, 5) is 22.6. The molecular weight excluding hydrogens is 300 g/mol. The number of hydrogen-bond acceptors (Lipinski definition) is 5. The predicted octanol–water partition coefficient (Wildman–Crippen LogP) is 2.91. The van der Waals surface area contributed by atoms with E-state index in [0.717, 1.165) is 5.56 Å². The highest BCUT2D eigenvalue weighted by Crippen LogP contribution is 2.28. The van der Waals surface area contributed by atoms with Crippen LogP contribution in [0.1, 0.15) is 28.9 Å². The number of anilines is 1. The van der Waals surface area contributed by atoms with Gasteiger partial charge in [0.2, 0.25) is 0 Å². The normalized spacial score (nSPS) is 11.6. The summed E-state index contributed by atoms with van der Waals surface area (Å²) in [6, 6.07) is 10.7. The lowest BCUT2D eigenvalue weighted by Gasteiger charge is -2.09. The van der Waals surface area contributed by atoms with Crippen LogP contribution < -0.4 is 10.1 Å². The van der Waals surface area contributed by atoms with Crippen LogP contribution in [0, 0.1) is 10.1 Å². The van der Waals surface area contributed by atoms with Crippen LogP contribution in [0.2, 0.25) is 0 Å². The van der Waals surface area contributed by atoms with Gasteiger partial charge in [0.05, 0.1) is 18.1 Å². The van der Waals surface area contributed by atoms with E-state index in [4.69, 9.17) is 4.74 Å². The van der Waals surface area contributed by atoms with E-state index < -0.39 is 16.9 Å². The topological polar surface area (TPSA) is 102 Å². The van der Waals surface area contributed by atoms with E-state index >= 15 is 0 Å². The van der Waals surface area contributed by atoms with Gasteiger partial charge in [-0.05, 0) is 36.8 Å². The highest BCUT2D eigenvalue weighted by atomic mass is 16.6. The van der Waals surface area contributed by atoms with Crippen LogP contribution in [0.25, 0.3) is 0 Å². The van der Waals surface area contributed by atoms with Crippen LogP contribution in [0.3, 0.4) is 0 Å². The van der Waals surface area contributed by atoms with E-state index in [0.29, 0.717) is 5.69 Å². The Morgan fingerprint density at radius 2 is 1.91 bits per heavy atom. The molecule has 0 spiro atoms. The number of methoxy groups -OCH3 is 1. The molecule has 0 radical (unpaired) electrons. The van der Waals surface area contributed by atoms with E-state index in [-0.39, 0.29) is 17.0 Å². The number of aliphatic hydroxyl groups is 1. The van der Waals surface area contributed by atoms with Crippen molar-refractivity contribution >= 4 is 17.3 Å². The number of nitro groups is 1.